The van der Waals surface area contributed by atoms with Crippen LogP contribution in [-0.2, 0) is 11.3 Å². The minimum Gasteiger partial charge on any atom is -0.321 e. The Morgan fingerprint density at radius 1 is 1.09 bits per heavy atom. The summed E-state index contributed by atoms with van der Waals surface area (Å²) >= 11 is 7.29. The fourth-order valence-corrected chi connectivity index (χ4v) is 4.15. The van der Waals surface area contributed by atoms with E-state index in [-0.39, 0.29) is 24.6 Å². The van der Waals surface area contributed by atoms with Gasteiger partial charge in [-0.15, -0.1) is 0 Å². The molecule has 32 heavy (non-hydrogen) atoms. The zero-order chi connectivity index (χ0) is 22.7. The summed E-state index contributed by atoms with van der Waals surface area (Å²) in [6.07, 6.45) is -0.00740. The minimum atomic E-state index is -0.443. The largest absolute Gasteiger partial charge is 0.321 e. The molecule has 2 heterocycles. The molecule has 2 aromatic carbocycles. The van der Waals surface area contributed by atoms with Crippen LogP contribution in [0, 0.1) is 6.92 Å². The number of fused-ring (bicyclic) bond motifs is 1. The molecule has 4 rings (SSSR count). The second-order valence-electron chi connectivity index (χ2n) is 7.03. The number of halogens is 1. The molecule has 0 aliphatic carbocycles. The smallest absolute Gasteiger partial charge is 0.276 e. The topological polar surface area (TPSA) is 106 Å². The number of aryl methyl sites for hydroxylation is 2. The van der Waals surface area contributed by atoms with Gasteiger partial charge in [-0.1, -0.05) is 35.1 Å². The number of carbonyl (C=O) groups is 2. The third kappa shape index (κ3) is 5.19. The Bertz CT molecular complexity index is 1380. The summed E-state index contributed by atoms with van der Waals surface area (Å²) < 4.78 is 1.96. The SMILES string of the molecule is Cc1cccc(NC(=O)c2ccc(=O)n(CCC(=O)Nc3nc4ccc(Cl)cc4s3)n2)c1. The summed E-state index contributed by atoms with van der Waals surface area (Å²) in [7, 11) is 0. The number of aromatic nitrogens is 3. The molecular weight excluding hydrogens is 450 g/mol. The standard InChI is InChI=1S/C22H18ClN5O3S/c1-13-3-2-4-15(11-13)24-21(31)17-7-8-20(30)28(27-17)10-9-19(29)26-22-25-16-6-5-14(23)12-18(16)32-22/h2-8,11-12H,9-10H2,1H3,(H,24,31)(H,25,26,29). The Balaban J connectivity index is 1.40. The number of nitrogens with one attached hydrogen (secondary N) is 2. The van der Waals surface area contributed by atoms with Crippen LogP contribution in [0.3, 0.4) is 0 Å². The Morgan fingerprint density at radius 3 is 2.75 bits per heavy atom. The lowest BCUT2D eigenvalue weighted by molar-refractivity contribution is -0.116. The molecule has 0 atom stereocenters. The number of nitrogens with zero attached hydrogens (tertiary/aromatic N) is 3. The average Bonchev–Trinajstić information content (AvgIpc) is 3.14. The van der Waals surface area contributed by atoms with Crippen molar-refractivity contribution in [3.63, 3.8) is 0 Å². The van der Waals surface area contributed by atoms with Crippen LogP contribution in [-0.4, -0.2) is 26.6 Å². The van der Waals surface area contributed by atoms with Crippen LogP contribution in [0.15, 0.2) is 59.4 Å². The highest BCUT2D eigenvalue weighted by Crippen LogP contribution is 2.28. The number of thiazole rings is 1. The maximum Gasteiger partial charge on any atom is 0.276 e. The zero-order valence-electron chi connectivity index (χ0n) is 17.0. The Kier molecular flexibility index (Phi) is 6.29. The lowest BCUT2D eigenvalue weighted by Gasteiger charge is -2.08. The second-order valence-corrected chi connectivity index (χ2v) is 8.50. The van der Waals surface area contributed by atoms with E-state index in [1.165, 1.54) is 23.5 Å². The van der Waals surface area contributed by atoms with Crippen LogP contribution in [0.4, 0.5) is 10.8 Å². The van der Waals surface area contributed by atoms with Crippen LogP contribution in [0.5, 0.6) is 0 Å². The van der Waals surface area contributed by atoms with Crippen molar-refractivity contribution in [1.29, 1.82) is 0 Å². The van der Waals surface area contributed by atoms with Gasteiger partial charge in [0.1, 0.15) is 5.69 Å². The van der Waals surface area contributed by atoms with Gasteiger partial charge in [0.05, 0.1) is 16.8 Å². The first-order valence-corrected chi connectivity index (χ1v) is 10.9. The Hall–Kier alpha value is -3.56. The summed E-state index contributed by atoms with van der Waals surface area (Å²) in [4.78, 5) is 41.3. The van der Waals surface area contributed by atoms with Crippen LogP contribution in [0.2, 0.25) is 5.02 Å². The first-order chi connectivity index (χ1) is 15.4. The molecule has 0 saturated carbocycles. The highest BCUT2D eigenvalue weighted by Gasteiger charge is 2.12. The van der Waals surface area contributed by atoms with Gasteiger partial charge in [0.15, 0.2) is 5.13 Å². The van der Waals surface area contributed by atoms with E-state index in [0.29, 0.717) is 15.8 Å². The molecule has 0 aliphatic rings. The molecule has 8 nitrogen and oxygen atoms in total. The maximum absolute atomic E-state index is 12.5. The monoisotopic (exact) mass is 467 g/mol. The van der Waals surface area contributed by atoms with E-state index in [9.17, 15) is 14.4 Å². The lowest BCUT2D eigenvalue weighted by Crippen LogP contribution is -2.28. The van der Waals surface area contributed by atoms with E-state index in [4.69, 9.17) is 11.6 Å². The van der Waals surface area contributed by atoms with Crippen LogP contribution in [0.25, 0.3) is 10.2 Å². The van der Waals surface area contributed by atoms with E-state index < -0.39 is 11.5 Å². The van der Waals surface area contributed by atoms with Crippen molar-refractivity contribution in [2.24, 2.45) is 0 Å². The van der Waals surface area contributed by atoms with Gasteiger partial charge in [-0.2, -0.15) is 5.10 Å². The Labute approximate surface area is 191 Å². The summed E-state index contributed by atoms with van der Waals surface area (Å²) in [5.74, 6) is -0.764. The van der Waals surface area contributed by atoms with E-state index in [0.717, 1.165) is 20.5 Å². The predicted molar refractivity (Wildman–Crippen MR) is 126 cm³/mol. The molecule has 0 saturated heterocycles. The van der Waals surface area contributed by atoms with Crippen molar-refractivity contribution in [2.75, 3.05) is 10.6 Å². The first-order valence-electron chi connectivity index (χ1n) is 9.69. The van der Waals surface area contributed by atoms with Gasteiger partial charge in [-0.25, -0.2) is 9.67 Å². The van der Waals surface area contributed by atoms with Crippen molar-refractivity contribution < 1.29 is 9.59 Å². The van der Waals surface area contributed by atoms with Crippen molar-refractivity contribution in [1.82, 2.24) is 14.8 Å². The molecule has 2 aromatic heterocycles. The van der Waals surface area contributed by atoms with Crippen LogP contribution < -0.4 is 16.2 Å². The molecule has 0 radical (unpaired) electrons. The molecule has 162 valence electrons. The molecule has 4 aromatic rings. The molecule has 0 unspecified atom stereocenters. The normalized spacial score (nSPS) is 10.8. The molecule has 10 heteroatoms. The van der Waals surface area contributed by atoms with Crippen LogP contribution in [0.1, 0.15) is 22.5 Å². The Morgan fingerprint density at radius 2 is 1.94 bits per heavy atom. The van der Waals surface area contributed by atoms with Crippen molar-refractivity contribution >= 4 is 55.8 Å². The summed E-state index contributed by atoms with van der Waals surface area (Å²) in [6, 6.07) is 15.2. The lowest BCUT2D eigenvalue weighted by atomic mass is 10.2. The van der Waals surface area contributed by atoms with Gasteiger partial charge in [0, 0.05) is 23.2 Å². The average molecular weight is 468 g/mol. The number of anilines is 2. The predicted octanol–water partition coefficient (Wildman–Crippen LogP) is 4.10. The molecule has 2 N–H and O–H groups in total. The number of rotatable bonds is 6. The highest BCUT2D eigenvalue weighted by atomic mass is 35.5. The van der Waals surface area contributed by atoms with E-state index >= 15 is 0 Å². The van der Waals surface area contributed by atoms with Gasteiger partial charge in [0.2, 0.25) is 5.91 Å². The number of hydrogen-bond acceptors (Lipinski definition) is 6. The van der Waals surface area contributed by atoms with Crippen molar-refractivity contribution in [3.05, 3.63) is 81.2 Å². The van der Waals surface area contributed by atoms with E-state index in [1.54, 1.807) is 24.3 Å². The van der Waals surface area contributed by atoms with Crippen LogP contribution >= 0.6 is 22.9 Å². The minimum absolute atomic E-state index is 0.00740. The third-order valence-corrected chi connectivity index (χ3v) is 5.69. The second kappa shape index (κ2) is 9.29. The fourth-order valence-electron chi connectivity index (χ4n) is 2.99. The van der Waals surface area contributed by atoms with Gasteiger partial charge in [-0.05, 0) is 48.9 Å². The van der Waals surface area contributed by atoms with Gasteiger partial charge in [-0.3, -0.25) is 14.4 Å². The fraction of sp³-hybridized carbons (Fsp3) is 0.136. The maximum atomic E-state index is 12.5. The number of carbonyl (C=O) groups excluding carboxylic acids is 2. The van der Waals surface area contributed by atoms with Crippen molar-refractivity contribution in [2.45, 2.75) is 19.9 Å². The molecule has 0 spiro atoms. The molecule has 0 bridgehead atoms. The number of benzene rings is 2. The summed E-state index contributed by atoms with van der Waals surface area (Å²) in [5, 5.41) is 10.6. The zero-order valence-corrected chi connectivity index (χ0v) is 18.5. The quantitative estimate of drug-likeness (QED) is 0.444. The number of hydrogen-bond donors (Lipinski definition) is 2. The molecule has 2 amide bonds. The summed E-state index contributed by atoms with van der Waals surface area (Å²) in [5.41, 5.74) is 2.04. The highest BCUT2D eigenvalue weighted by molar-refractivity contribution is 7.22. The summed E-state index contributed by atoms with van der Waals surface area (Å²) in [6.45, 7) is 1.94. The third-order valence-electron chi connectivity index (χ3n) is 4.52. The van der Waals surface area contributed by atoms with Gasteiger partial charge >= 0.3 is 0 Å². The molecule has 0 aliphatic heterocycles. The van der Waals surface area contributed by atoms with Crippen molar-refractivity contribution in [3.8, 4) is 0 Å². The van der Waals surface area contributed by atoms with E-state index in [1.807, 2.05) is 25.1 Å². The van der Waals surface area contributed by atoms with Gasteiger partial charge < -0.3 is 10.6 Å². The molecular formula is C22H18ClN5O3S. The first kappa shape index (κ1) is 21.7. The molecule has 0 fully saturated rings. The van der Waals surface area contributed by atoms with E-state index in [2.05, 4.69) is 20.7 Å². The number of amides is 2. The van der Waals surface area contributed by atoms with Gasteiger partial charge in [0.25, 0.3) is 11.5 Å².